The molecule has 5 N–H and O–H groups in total. The van der Waals surface area contributed by atoms with Crippen molar-refractivity contribution >= 4 is 17.7 Å². The smallest absolute Gasteiger partial charge is 0.243 e. The summed E-state index contributed by atoms with van der Waals surface area (Å²) in [5, 5.41) is 16.0. The molecule has 0 aromatic heterocycles. The molecule has 7 rings (SSSR count). The minimum Gasteiger partial charge on any atom is -0.508 e. The van der Waals surface area contributed by atoms with Crippen LogP contribution in [0.1, 0.15) is 62.5 Å². The molecule has 4 aliphatic carbocycles. The van der Waals surface area contributed by atoms with Gasteiger partial charge in [0.1, 0.15) is 17.8 Å². The predicted molar refractivity (Wildman–Crippen MR) is 156 cm³/mol. The van der Waals surface area contributed by atoms with Crippen LogP contribution >= 0.6 is 0 Å². The summed E-state index contributed by atoms with van der Waals surface area (Å²) in [6.07, 6.45) is 8.96. The number of nitrogens with one attached hydrogen (secondary N) is 2. The molecule has 3 amide bonds. The van der Waals surface area contributed by atoms with Gasteiger partial charge in [-0.05, 0) is 98.8 Å². The Morgan fingerprint density at radius 2 is 1.51 bits per heavy atom. The highest BCUT2D eigenvalue weighted by atomic mass is 16.3. The molecule has 4 saturated carbocycles. The van der Waals surface area contributed by atoms with Gasteiger partial charge in [-0.3, -0.25) is 14.4 Å². The van der Waals surface area contributed by atoms with Crippen LogP contribution in [0, 0.1) is 17.8 Å². The summed E-state index contributed by atoms with van der Waals surface area (Å²) in [5.41, 5.74) is 7.97. The molecule has 218 valence electrons. The van der Waals surface area contributed by atoms with Gasteiger partial charge in [-0.25, -0.2) is 0 Å². The number of carbonyl (C=O) groups is 3. The lowest BCUT2D eigenvalue weighted by molar-refractivity contribution is -0.140. The first kappa shape index (κ1) is 27.8. The van der Waals surface area contributed by atoms with E-state index in [9.17, 15) is 19.5 Å². The van der Waals surface area contributed by atoms with Crippen molar-refractivity contribution in [3.8, 4) is 5.75 Å². The number of carbonyl (C=O) groups excluding carboxylic acids is 3. The average Bonchev–Trinajstić information content (AvgIpc) is 3.43. The van der Waals surface area contributed by atoms with Gasteiger partial charge in [0.25, 0.3) is 0 Å². The van der Waals surface area contributed by atoms with Crippen molar-refractivity contribution in [2.45, 2.75) is 87.9 Å². The molecule has 0 unspecified atom stereocenters. The Morgan fingerprint density at radius 1 is 0.902 bits per heavy atom. The second-order valence-corrected chi connectivity index (χ2v) is 13.1. The van der Waals surface area contributed by atoms with Crippen LogP contribution in [0.25, 0.3) is 0 Å². The largest absolute Gasteiger partial charge is 0.508 e. The quantitative estimate of drug-likeness (QED) is 0.377. The molecule has 0 spiro atoms. The number of nitrogens with two attached hydrogens (primary N) is 1. The van der Waals surface area contributed by atoms with Crippen molar-refractivity contribution in [3.63, 3.8) is 0 Å². The summed E-state index contributed by atoms with van der Waals surface area (Å²) in [6.45, 7) is 0.461. The van der Waals surface area contributed by atoms with Crippen molar-refractivity contribution in [1.82, 2.24) is 15.5 Å². The molecule has 2 aromatic carbocycles. The van der Waals surface area contributed by atoms with E-state index in [1.165, 1.54) is 19.3 Å². The molecule has 2 aromatic rings. The first-order valence-corrected chi connectivity index (χ1v) is 15.3. The van der Waals surface area contributed by atoms with Crippen LogP contribution in [0.5, 0.6) is 5.75 Å². The number of phenolic OH excluding ortho intramolecular Hbond substituents is 1. The average molecular weight is 559 g/mol. The molecule has 5 aliphatic rings. The van der Waals surface area contributed by atoms with Crippen LogP contribution in [0.15, 0.2) is 54.6 Å². The fourth-order valence-corrected chi connectivity index (χ4v) is 8.43. The Morgan fingerprint density at radius 3 is 2.15 bits per heavy atom. The number of aromatic hydroxyl groups is 1. The predicted octanol–water partition coefficient (Wildman–Crippen LogP) is 3.07. The first-order chi connectivity index (χ1) is 19.8. The second-order valence-electron chi connectivity index (χ2n) is 13.1. The maximum Gasteiger partial charge on any atom is 0.243 e. The normalized spacial score (nSPS) is 29.6. The van der Waals surface area contributed by atoms with E-state index in [1.807, 2.05) is 30.3 Å². The van der Waals surface area contributed by atoms with E-state index in [2.05, 4.69) is 10.6 Å². The maximum absolute atomic E-state index is 13.9. The van der Waals surface area contributed by atoms with Gasteiger partial charge in [-0.15, -0.1) is 0 Å². The maximum atomic E-state index is 13.9. The van der Waals surface area contributed by atoms with Gasteiger partial charge in [0.2, 0.25) is 17.7 Å². The van der Waals surface area contributed by atoms with Crippen molar-refractivity contribution in [2.24, 2.45) is 23.5 Å². The first-order valence-electron chi connectivity index (χ1n) is 15.3. The SMILES string of the molecule is N[C@@H](Cc1ccc(O)cc1)C(=O)N1CCC[C@H]1C(=O)N[C@@H](Cc1ccccc1)C(=O)NC12CC3CC(CC(C3)C1)C2. The molecule has 1 aliphatic heterocycles. The monoisotopic (exact) mass is 558 g/mol. The van der Waals surface area contributed by atoms with Gasteiger partial charge in [-0.2, -0.15) is 0 Å². The number of nitrogens with zero attached hydrogens (tertiary/aromatic N) is 1. The topological polar surface area (TPSA) is 125 Å². The lowest BCUT2D eigenvalue weighted by atomic mass is 9.53. The van der Waals surface area contributed by atoms with Crippen LogP contribution in [0.3, 0.4) is 0 Å². The summed E-state index contributed by atoms with van der Waals surface area (Å²) >= 11 is 0. The van der Waals surface area contributed by atoms with Crippen molar-refractivity contribution in [2.75, 3.05) is 6.54 Å². The van der Waals surface area contributed by atoms with Crippen molar-refractivity contribution < 1.29 is 19.5 Å². The molecule has 8 heteroatoms. The van der Waals surface area contributed by atoms with Crippen molar-refractivity contribution in [3.05, 3.63) is 65.7 Å². The lowest BCUT2D eigenvalue weighted by Crippen LogP contribution is -2.63. The molecule has 0 radical (unpaired) electrons. The number of likely N-dealkylation sites (tertiary alicyclic amines) is 1. The summed E-state index contributed by atoms with van der Waals surface area (Å²) < 4.78 is 0. The summed E-state index contributed by atoms with van der Waals surface area (Å²) in [4.78, 5) is 42.5. The Bertz CT molecular complexity index is 1230. The van der Waals surface area contributed by atoms with Crippen LogP contribution in [-0.4, -0.2) is 57.9 Å². The molecule has 1 heterocycles. The Hall–Kier alpha value is -3.39. The second kappa shape index (κ2) is 11.5. The van der Waals surface area contributed by atoms with Gasteiger partial charge in [0.05, 0.1) is 6.04 Å². The lowest BCUT2D eigenvalue weighted by Gasteiger charge is -2.57. The van der Waals surface area contributed by atoms with E-state index in [4.69, 9.17) is 5.73 Å². The molecule has 3 atom stereocenters. The van der Waals surface area contributed by atoms with Gasteiger partial charge in [0.15, 0.2) is 0 Å². The van der Waals surface area contributed by atoms with Gasteiger partial charge in [0, 0.05) is 18.5 Å². The minimum absolute atomic E-state index is 0.121. The van der Waals surface area contributed by atoms with E-state index in [0.717, 1.165) is 30.4 Å². The zero-order chi connectivity index (χ0) is 28.6. The molecule has 1 saturated heterocycles. The number of hydrogen-bond donors (Lipinski definition) is 4. The fourth-order valence-electron chi connectivity index (χ4n) is 8.43. The zero-order valence-electron chi connectivity index (χ0n) is 23.6. The third-order valence-corrected chi connectivity index (χ3v) is 9.89. The van der Waals surface area contributed by atoms with E-state index >= 15 is 0 Å². The molecule has 4 bridgehead atoms. The number of rotatable bonds is 9. The number of phenols is 1. The Balaban J connectivity index is 1.14. The Kier molecular flexibility index (Phi) is 7.77. The number of benzene rings is 2. The third-order valence-electron chi connectivity index (χ3n) is 9.89. The van der Waals surface area contributed by atoms with Crippen LogP contribution in [-0.2, 0) is 27.2 Å². The van der Waals surface area contributed by atoms with Crippen LogP contribution in [0.2, 0.25) is 0 Å². The molecular weight excluding hydrogens is 516 g/mol. The van der Waals surface area contributed by atoms with E-state index in [1.54, 1.807) is 29.2 Å². The minimum atomic E-state index is -0.799. The van der Waals surface area contributed by atoms with Crippen molar-refractivity contribution in [1.29, 1.82) is 0 Å². The molecule has 41 heavy (non-hydrogen) atoms. The highest BCUT2D eigenvalue weighted by Gasteiger charge is 2.52. The van der Waals surface area contributed by atoms with E-state index < -0.39 is 18.1 Å². The highest BCUT2D eigenvalue weighted by molar-refractivity contribution is 5.93. The zero-order valence-corrected chi connectivity index (χ0v) is 23.6. The Labute approximate surface area is 242 Å². The summed E-state index contributed by atoms with van der Waals surface area (Å²) in [6, 6.07) is 14.2. The standard InChI is InChI=1S/C33H42N4O4/c34-27(16-22-8-10-26(38)11-9-22)32(41)37-12-4-7-29(37)31(40)35-28(17-21-5-2-1-3-6-21)30(39)36-33-18-23-13-24(19-33)15-25(14-23)20-33/h1-3,5-6,8-11,23-25,27-29,38H,4,7,12-20,34H2,(H,35,40)(H,36,39)/t23?,24?,25?,27-,28-,29-,33?/m0/s1. The van der Waals surface area contributed by atoms with Crippen LogP contribution in [0.4, 0.5) is 0 Å². The highest BCUT2D eigenvalue weighted by Crippen LogP contribution is 2.55. The number of hydrogen-bond acceptors (Lipinski definition) is 5. The molecular formula is C33H42N4O4. The van der Waals surface area contributed by atoms with Gasteiger partial charge >= 0.3 is 0 Å². The van der Waals surface area contributed by atoms with Gasteiger partial charge in [-0.1, -0.05) is 42.5 Å². The summed E-state index contributed by atoms with van der Waals surface area (Å²) in [7, 11) is 0. The van der Waals surface area contributed by atoms with E-state index in [-0.39, 0.29) is 29.0 Å². The third kappa shape index (κ3) is 6.13. The van der Waals surface area contributed by atoms with Crippen LogP contribution < -0.4 is 16.4 Å². The number of amides is 3. The fraction of sp³-hybridized carbons (Fsp3) is 0.545. The molecule has 8 nitrogen and oxygen atoms in total. The van der Waals surface area contributed by atoms with Gasteiger partial charge < -0.3 is 26.4 Å². The molecule has 5 fully saturated rings. The summed E-state index contributed by atoms with van der Waals surface area (Å²) in [5.74, 6) is 1.57. The van der Waals surface area contributed by atoms with E-state index in [0.29, 0.717) is 50.0 Å².